The maximum absolute atomic E-state index is 11.2. The highest BCUT2D eigenvalue weighted by Gasteiger charge is 2.47. The number of urea groups is 1. The van der Waals surface area contributed by atoms with Crippen LogP contribution in [0.4, 0.5) is 4.79 Å². The minimum absolute atomic E-state index is 0.0288. The highest BCUT2D eigenvalue weighted by Crippen LogP contribution is 2.27. The van der Waals surface area contributed by atoms with Gasteiger partial charge in [-0.1, -0.05) is 0 Å². The van der Waals surface area contributed by atoms with Crippen molar-refractivity contribution in [2.24, 2.45) is 0 Å². The molecule has 1 aliphatic rings. The Bertz CT molecular complexity index is 238. The van der Waals surface area contributed by atoms with Gasteiger partial charge in [0.2, 0.25) is 0 Å². The Morgan fingerprint density at radius 3 is 2.17 bits per heavy atom. The van der Waals surface area contributed by atoms with Crippen LogP contribution in [0.1, 0.15) is 20.8 Å². The van der Waals surface area contributed by atoms with Gasteiger partial charge in [0.1, 0.15) is 0 Å². The smallest absolute Gasteiger partial charge is 0.299 e. The van der Waals surface area contributed by atoms with Crippen molar-refractivity contribution in [1.82, 2.24) is 10.2 Å². The zero-order valence-corrected chi connectivity index (χ0v) is 8.18. The average molecular weight is 188 g/mol. The lowest BCUT2D eigenvalue weighted by Crippen LogP contribution is -2.46. The molecule has 0 spiro atoms. The summed E-state index contributed by atoms with van der Waals surface area (Å²) in [4.78, 5) is 22.8. The minimum atomic E-state index is -1.01. The monoisotopic (exact) mass is 188 g/mol. The van der Waals surface area contributed by atoms with Gasteiger partial charge in [0.25, 0.3) is 5.91 Å². The Hall–Kier alpha value is -0.710. The third-order valence-electron chi connectivity index (χ3n) is 1.85. The third-order valence-corrected chi connectivity index (χ3v) is 2.27. The Morgan fingerprint density at radius 1 is 1.50 bits per heavy atom. The van der Waals surface area contributed by atoms with E-state index in [1.54, 1.807) is 6.92 Å². The van der Waals surface area contributed by atoms with Crippen molar-refractivity contribution in [3.8, 4) is 0 Å². The van der Waals surface area contributed by atoms with Crippen molar-refractivity contribution in [2.45, 2.75) is 31.7 Å². The van der Waals surface area contributed by atoms with Crippen LogP contribution in [0.25, 0.3) is 0 Å². The second kappa shape index (κ2) is 2.65. The molecule has 0 aliphatic carbocycles. The zero-order chi connectivity index (χ0) is 9.52. The van der Waals surface area contributed by atoms with Crippen LogP contribution in [0.15, 0.2) is 0 Å². The first-order valence-corrected chi connectivity index (χ1v) is 4.19. The molecule has 12 heavy (non-hydrogen) atoms. The van der Waals surface area contributed by atoms with E-state index < -0.39 is 4.87 Å². The summed E-state index contributed by atoms with van der Waals surface area (Å²) >= 11 is 4.13. The number of amides is 3. The van der Waals surface area contributed by atoms with E-state index in [0.29, 0.717) is 0 Å². The van der Waals surface area contributed by atoms with E-state index in [0.717, 1.165) is 0 Å². The summed E-state index contributed by atoms with van der Waals surface area (Å²) in [6, 6.07) is -0.397. The Labute approximate surface area is 76.7 Å². The lowest BCUT2D eigenvalue weighted by Gasteiger charge is -2.30. The number of nitrogens with one attached hydrogen (secondary N) is 1. The molecule has 0 saturated carbocycles. The largest absolute Gasteiger partial charge is 0.325 e. The van der Waals surface area contributed by atoms with Gasteiger partial charge < -0.3 is 0 Å². The number of thiol groups is 1. The van der Waals surface area contributed by atoms with E-state index in [9.17, 15) is 9.59 Å². The van der Waals surface area contributed by atoms with Crippen LogP contribution in [-0.4, -0.2) is 27.8 Å². The molecule has 3 amide bonds. The van der Waals surface area contributed by atoms with E-state index in [1.807, 2.05) is 13.8 Å². The summed E-state index contributed by atoms with van der Waals surface area (Å²) in [6.45, 7) is 5.29. The van der Waals surface area contributed by atoms with Gasteiger partial charge in [-0.25, -0.2) is 4.79 Å². The molecule has 0 aromatic carbocycles. The summed E-state index contributed by atoms with van der Waals surface area (Å²) in [7, 11) is 0. The molecule has 1 aliphatic heterocycles. The number of nitrogens with zero attached hydrogens (tertiary/aromatic N) is 1. The molecule has 1 fully saturated rings. The zero-order valence-electron chi connectivity index (χ0n) is 7.29. The first kappa shape index (κ1) is 9.38. The molecule has 0 bridgehead atoms. The minimum Gasteiger partial charge on any atom is -0.299 e. The first-order chi connectivity index (χ1) is 5.37. The lowest BCUT2D eigenvalue weighted by molar-refractivity contribution is -0.122. The van der Waals surface area contributed by atoms with Crippen molar-refractivity contribution in [1.29, 1.82) is 0 Å². The van der Waals surface area contributed by atoms with Gasteiger partial charge in [0.05, 0.1) is 0 Å². The highest BCUT2D eigenvalue weighted by atomic mass is 32.1. The molecule has 1 N–H and O–H groups in total. The first-order valence-electron chi connectivity index (χ1n) is 3.74. The van der Waals surface area contributed by atoms with Gasteiger partial charge >= 0.3 is 6.03 Å². The number of carbonyl (C=O) groups excluding carboxylic acids is 2. The van der Waals surface area contributed by atoms with Crippen LogP contribution in [0, 0.1) is 0 Å². The molecule has 68 valence electrons. The number of rotatable bonds is 1. The van der Waals surface area contributed by atoms with Crippen molar-refractivity contribution in [2.75, 3.05) is 0 Å². The van der Waals surface area contributed by atoms with E-state index >= 15 is 0 Å². The quantitative estimate of drug-likeness (QED) is 0.467. The van der Waals surface area contributed by atoms with Crippen LogP contribution in [0.5, 0.6) is 0 Å². The van der Waals surface area contributed by atoms with Gasteiger partial charge in [0.15, 0.2) is 4.87 Å². The van der Waals surface area contributed by atoms with Crippen molar-refractivity contribution in [3.05, 3.63) is 0 Å². The summed E-state index contributed by atoms with van der Waals surface area (Å²) in [5, 5.41) is 2.21. The maximum Gasteiger partial charge on any atom is 0.325 e. The standard InChI is InChI=1S/C7H12N2O2S/c1-4(2)9-6(11)8-5(10)7(9,3)12/h4,12H,1-3H3,(H,8,10,11)/t7-/m0/s1. The van der Waals surface area contributed by atoms with Crippen LogP contribution < -0.4 is 5.32 Å². The average Bonchev–Trinajstić information content (AvgIpc) is 2.02. The molecule has 0 radical (unpaired) electrons. The highest BCUT2D eigenvalue weighted by molar-refractivity contribution is 7.82. The normalized spacial score (nSPS) is 29.9. The van der Waals surface area contributed by atoms with Crippen LogP contribution in [0.2, 0.25) is 0 Å². The van der Waals surface area contributed by atoms with Crippen molar-refractivity contribution >= 4 is 24.6 Å². The predicted molar refractivity (Wildman–Crippen MR) is 47.9 cm³/mol. The number of imide groups is 1. The second-order valence-electron chi connectivity index (χ2n) is 3.24. The molecule has 4 nitrogen and oxygen atoms in total. The molecular formula is C7H12N2O2S. The molecule has 0 aromatic heterocycles. The van der Waals surface area contributed by atoms with E-state index in [4.69, 9.17) is 0 Å². The van der Waals surface area contributed by atoms with Gasteiger partial charge in [-0.2, -0.15) is 0 Å². The van der Waals surface area contributed by atoms with Crippen LogP contribution >= 0.6 is 12.6 Å². The summed E-state index contributed by atoms with van der Waals surface area (Å²) in [5.41, 5.74) is 0. The number of carbonyl (C=O) groups is 2. The van der Waals surface area contributed by atoms with Gasteiger partial charge in [0, 0.05) is 6.04 Å². The molecule has 1 rings (SSSR count). The fraction of sp³-hybridized carbons (Fsp3) is 0.714. The topological polar surface area (TPSA) is 49.4 Å². The molecule has 1 saturated heterocycles. The molecule has 0 aromatic rings. The van der Waals surface area contributed by atoms with E-state index in [2.05, 4.69) is 17.9 Å². The second-order valence-corrected chi connectivity index (χ2v) is 4.11. The number of hydrogen-bond acceptors (Lipinski definition) is 3. The molecule has 0 unspecified atom stereocenters. The summed E-state index contributed by atoms with van der Waals surface area (Å²) in [6.07, 6.45) is 0. The van der Waals surface area contributed by atoms with E-state index in [-0.39, 0.29) is 18.0 Å². The van der Waals surface area contributed by atoms with Crippen molar-refractivity contribution in [3.63, 3.8) is 0 Å². The predicted octanol–water partition coefficient (Wildman–Crippen LogP) is 0.593. The van der Waals surface area contributed by atoms with Crippen molar-refractivity contribution < 1.29 is 9.59 Å². The Balaban J connectivity index is 2.99. The molecule has 1 atom stereocenters. The molecule has 5 heteroatoms. The summed E-state index contributed by atoms with van der Waals surface area (Å²) < 4.78 is 0. The number of hydrogen-bond donors (Lipinski definition) is 2. The summed E-state index contributed by atoms with van der Waals surface area (Å²) in [5.74, 6) is -0.357. The molecule has 1 heterocycles. The fourth-order valence-electron chi connectivity index (χ4n) is 1.32. The maximum atomic E-state index is 11.2. The lowest BCUT2D eigenvalue weighted by atomic mass is 10.2. The Kier molecular flexibility index (Phi) is 2.07. The molecular weight excluding hydrogens is 176 g/mol. The fourth-order valence-corrected chi connectivity index (χ4v) is 1.70. The van der Waals surface area contributed by atoms with Gasteiger partial charge in [-0.05, 0) is 20.8 Å². The van der Waals surface area contributed by atoms with Gasteiger partial charge in [-0.15, -0.1) is 12.6 Å². The van der Waals surface area contributed by atoms with E-state index in [1.165, 1.54) is 4.90 Å². The van der Waals surface area contributed by atoms with Crippen LogP contribution in [0.3, 0.4) is 0 Å². The Morgan fingerprint density at radius 2 is 2.00 bits per heavy atom. The third kappa shape index (κ3) is 1.18. The van der Waals surface area contributed by atoms with Gasteiger partial charge in [-0.3, -0.25) is 15.0 Å². The van der Waals surface area contributed by atoms with Crippen LogP contribution in [-0.2, 0) is 4.79 Å². The SMILES string of the molecule is CC(C)N1C(=O)NC(=O)[C@]1(C)S.